The third-order valence-corrected chi connectivity index (χ3v) is 4.74. The summed E-state index contributed by atoms with van der Waals surface area (Å²) in [6.45, 7) is 1.43. The van der Waals surface area contributed by atoms with Gasteiger partial charge < -0.3 is 10.2 Å². The predicted octanol–water partition coefficient (Wildman–Crippen LogP) is 1.50. The Labute approximate surface area is 157 Å². The van der Waals surface area contributed by atoms with E-state index in [1.54, 1.807) is 18.2 Å². The quantitative estimate of drug-likeness (QED) is 0.743. The van der Waals surface area contributed by atoms with Crippen LogP contribution in [0.25, 0.3) is 0 Å². The molecule has 0 bridgehead atoms. The lowest BCUT2D eigenvalue weighted by Gasteiger charge is -2.20. The second kappa shape index (κ2) is 8.74. The van der Waals surface area contributed by atoms with Gasteiger partial charge in [-0.3, -0.25) is 9.59 Å². The Morgan fingerprint density at radius 2 is 1.81 bits per heavy atom. The van der Waals surface area contributed by atoms with Gasteiger partial charge in [0, 0.05) is 19.2 Å². The number of nitrogens with zero attached hydrogens (tertiary/aromatic N) is 1. The highest BCUT2D eigenvalue weighted by Crippen LogP contribution is 2.11. The summed E-state index contributed by atoms with van der Waals surface area (Å²) in [7, 11) is -3.76. The molecule has 0 radical (unpaired) electrons. The topological polar surface area (TPSA) is 110 Å². The third-order valence-electron chi connectivity index (χ3n) is 3.81. The summed E-state index contributed by atoms with van der Waals surface area (Å²) in [6, 6.07) is 11.4. The van der Waals surface area contributed by atoms with E-state index in [9.17, 15) is 22.4 Å². The molecule has 9 heteroatoms. The number of anilines is 1. The molecule has 0 atom stereocenters. The number of amides is 2. The molecule has 144 valence electrons. The molecule has 7 nitrogen and oxygen atoms in total. The van der Waals surface area contributed by atoms with Crippen LogP contribution in [0.2, 0.25) is 0 Å². The summed E-state index contributed by atoms with van der Waals surface area (Å²) in [5.41, 5.74) is 1.10. The lowest BCUT2D eigenvalue weighted by atomic mass is 10.1. The highest BCUT2D eigenvalue weighted by atomic mass is 32.2. The number of nitrogens with one attached hydrogen (secondary N) is 1. The van der Waals surface area contributed by atoms with Crippen LogP contribution in [0.4, 0.5) is 10.1 Å². The standard InChI is InChI=1S/C18H20FN3O4S/c1-13(23)22(12-18(24)21-16-4-2-3-15(19)11-16)10-9-14-5-7-17(8-6-14)27(20,25)26/h2-8,11H,9-10,12H2,1H3,(H,21,24)(H2,20,25,26). The van der Waals surface area contributed by atoms with Gasteiger partial charge in [-0.2, -0.15) is 0 Å². The molecule has 27 heavy (non-hydrogen) atoms. The molecule has 0 aliphatic carbocycles. The maximum atomic E-state index is 13.2. The van der Waals surface area contributed by atoms with Gasteiger partial charge in [-0.25, -0.2) is 17.9 Å². The lowest BCUT2D eigenvalue weighted by Crippen LogP contribution is -2.38. The van der Waals surface area contributed by atoms with E-state index in [0.717, 1.165) is 5.56 Å². The predicted molar refractivity (Wildman–Crippen MR) is 98.8 cm³/mol. The number of hydrogen-bond donors (Lipinski definition) is 2. The summed E-state index contributed by atoms with van der Waals surface area (Å²) in [6.07, 6.45) is 0.428. The molecule has 0 saturated heterocycles. The van der Waals surface area contributed by atoms with Crippen molar-refractivity contribution in [3.8, 4) is 0 Å². The third kappa shape index (κ3) is 6.46. The van der Waals surface area contributed by atoms with Crippen LogP contribution in [0.1, 0.15) is 12.5 Å². The molecule has 0 unspecified atom stereocenters. The SMILES string of the molecule is CC(=O)N(CCc1ccc(S(N)(=O)=O)cc1)CC(=O)Nc1cccc(F)c1. The number of carbonyl (C=O) groups excluding carboxylic acids is 2. The van der Waals surface area contributed by atoms with Gasteiger partial charge in [0.2, 0.25) is 21.8 Å². The van der Waals surface area contributed by atoms with E-state index in [0.29, 0.717) is 12.1 Å². The molecule has 2 rings (SSSR count). The smallest absolute Gasteiger partial charge is 0.243 e. The Hall–Kier alpha value is -2.78. The van der Waals surface area contributed by atoms with Crippen molar-refractivity contribution in [2.75, 3.05) is 18.4 Å². The van der Waals surface area contributed by atoms with E-state index in [2.05, 4.69) is 5.32 Å². The molecular weight excluding hydrogens is 373 g/mol. The average Bonchev–Trinajstić information content (AvgIpc) is 2.58. The molecule has 2 aromatic rings. The Kier molecular flexibility index (Phi) is 6.65. The van der Waals surface area contributed by atoms with E-state index in [-0.39, 0.29) is 23.9 Å². The molecule has 0 aliphatic heterocycles. The minimum absolute atomic E-state index is 0.00384. The van der Waals surface area contributed by atoms with Gasteiger partial charge in [-0.15, -0.1) is 0 Å². The molecule has 3 N–H and O–H groups in total. The fourth-order valence-electron chi connectivity index (χ4n) is 2.40. The van der Waals surface area contributed by atoms with Crippen molar-refractivity contribution in [1.82, 2.24) is 4.90 Å². The Balaban J connectivity index is 1.95. The van der Waals surface area contributed by atoms with E-state index >= 15 is 0 Å². The molecule has 0 aromatic heterocycles. The van der Waals surface area contributed by atoms with Gasteiger partial charge in [0.25, 0.3) is 0 Å². The summed E-state index contributed by atoms with van der Waals surface area (Å²) in [5.74, 6) is -1.20. The van der Waals surface area contributed by atoms with Crippen molar-refractivity contribution in [2.24, 2.45) is 5.14 Å². The van der Waals surface area contributed by atoms with Crippen molar-refractivity contribution < 1.29 is 22.4 Å². The maximum Gasteiger partial charge on any atom is 0.243 e. The molecule has 0 spiro atoms. The number of nitrogens with two attached hydrogens (primary N) is 1. The van der Waals surface area contributed by atoms with E-state index in [1.165, 1.54) is 42.2 Å². The zero-order valence-corrected chi connectivity index (χ0v) is 15.5. The fraction of sp³-hybridized carbons (Fsp3) is 0.222. The summed E-state index contributed by atoms with van der Waals surface area (Å²) >= 11 is 0. The van der Waals surface area contributed by atoms with Crippen LogP contribution in [0.3, 0.4) is 0 Å². The number of benzene rings is 2. The van der Waals surface area contributed by atoms with Crippen molar-refractivity contribution in [1.29, 1.82) is 0 Å². The highest BCUT2D eigenvalue weighted by Gasteiger charge is 2.14. The molecule has 2 aromatic carbocycles. The first-order valence-corrected chi connectivity index (χ1v) is 9.62. The fourth-order valence-corrected chi connectivity index (χ4v) is 2.91. The van der Waals surface area contributed by atoms with Crippen molar-refractivity contribution in [2.45, 2.75) is 18.2 Å². The minimum Gasteiger partial charge on any atom is -0.333 e. The number of rotatable bonds is 7. The van der Waals surface area contributed by atoms with Crippen LogP contribution in [0.5, 0.6) is 0 Å². The maximum absolute atomic E-state index is 13.2. The molecule has 0 saturated carbocycles. The number of primary sulfonamides is 1. The summed E-state index contributed by atoms with van der Waals surface area (Å²) in [4.78, 5) is 25.2. The van der Waals surface area contributed by atoms with E-state index < -0.39 is 21.7 Å². The van der Waals surface area contributed by atoms with Gasteiger partial charge >= 0.3 is 0 Å². The molecule has 0 fully saturated rings. The number of carbonyl (C=O) groups is 2. The first kappa shape index (κ1) is 20.5. The van der Waals surface area contributed by atoms with Gasteiger partial charge in [0.05, 0.1) is 11.4 Å². The Bertz CT molecular complexity index is 930. The van der Waals surface area contributed by atoms with Crippen LogP contribution in [-0.2, 0) is 26.0 Å². The normalized spacial score (nSPS) is 11.1. The van der Waals surface area contributed by atoms with Gasteiger partial charge in [-0.05, 0) is 42.3 Å². The second-order valence-electron chi connectivity index (χ2n) is 5.94. The zero-order chi connectivity index (χ0) is 20.0. The summed E-state index contributed by atoms with van der Waals surface area (Å²) in [5, 5.41) is 7.58. The van der Waals surface area contributed by atoms with Gasteiger partial charge in [0.1, 0.15) is 5.82 Å². The van der Waals surface area contributed by atoms with Crippen LogP contribution in [0.15, 0.2) is 53.4 Å². The average molecular weight is 393 g/mol. The van der Waals surface area contributed by atoms with Crippen LogP contribution in [0, 0.1) is 5.82 Å². The molecule has 0 aliphatic rings. The minimum atomic E-state index is -3.76. The molecule has 2 amide bonds. The van der Waals surface area contributed by atoms with Crippen molar-refractivity contribution >= 4 is 27.5 Å². The number of halogens is 1. The Morgan fingerprint density at radius 1 is 1.15 bits per heavy atom. The van der Waals surface area contributed by atoms with Gasteiger partial charge in [-0.1, -0.05) is 18.2 Å². The van der Waals surface area contributed by atoms with Crippen molar-refractivity contribution in [3.05, 3.63) is 59.9 Å². The zero-order valence-electron chi connectivity index (χ0n) is 14.7. The summed E-state index contributed by atoms with van der Waals surface area (Å²) < 4.78 is 35.7. The first-order chi connectivity index (χ1) is 12.6. The number of sulfonamides is 1. The largest absolute Gasteiger partial charge is 0.333 e. The van der Waals surface area contributed by atoms with Crippen LogP contribution >= 0.6 is 0 Å². The van der Waals surface area contributed by atoms with Crippen LogP contribution in [-0.4, -0.2) is 38.2 Å². The second-order valence-corrected chi connectivity index (χ2v) is 7.50. The lowest BCUT2D eigenvalue weighted by molar-refractivity contribution is -0.132. The number of hydrogen-bond acceptors (Lipinski definition) is 4. The molecular formula is C18H20FN3O4S. The highest BCUT2D eigenvalue weighted by molar-refractivity contribution is 7.89. The molecule has 0 heterocycles. The monoisotopic (exact) mass is 393 g/mol. The van der Waals surface area contributed by atoms with Gasteiger partial charge in [0.15, 0.2) is 0 Å². The van der Waals surface area contributed by atoms with Crippen molar-refractivity contribution in [3.63, 3.8) is 0 Å². The van der Waals surface area contributed by atoms with E-state index in [4.69, 9.17) is 5.14 Å². The Morgan fingerprint density at radius 3 is 2.37 bits per heavy atom. The first-order valence-electron chi connectivity index (χ1n) is 8.08. The van der Waals surface area contributed by atoms with Crippen LogP contribution < -0.4 is 10.5 Å². The van der Waals surface area contributed by atoms with E-state index in [1.807, 2.05) is 0 Å².